The average Bonchev–Trinajstić information content (AvgIpc) is 2.94. The van der Waals surface area contributed by atoms with Crippen LogP contribution >= 0.6 is 15.9 Å². The number of anilines is 3. The molecule has 2 aromatic carbocycles. The standard InChI is InChI=1S/C17H14BrN3O2/c1-11-9-16(21-23-11)19-14-5-7-15(8-6-14)20-17(22)12-3-2-4-13(18)10-12/h2-10H,1H3,(H,19,21)(H,20,22). The highest BCUT2D eigenvalue weighted by Crippen LogP contribution is 2.19. The van der Waals surface area contributed by atoms with Crippen molar-refractivity contribution < 1.29 is 9.32 Å². The molecular weight excluding hydrogens is 358 g/mol. The second-order valence-electron chi connectivity index (χ2n) is 4.99. The lowest BCUT2D eigenvalue weighted by molar-refractivity contribution is 0.102. The van der Waals surface area contributed by atoms with Gasteiger partial charge in [0.25, 0.3) is 5.91 Å². The van der Waals surface area contributed by atoms with Gasteiger partial charge in [0.2, 0.25) is 0 Å². The maximum absolute atomic E-state index is 12.2. The van der Waals surface area contributed by atoms with Gasteiger partial charge in [-0.15, -0.1) is 0 Å². The molecular formula is C17H14BrN3O2. The number of hydrogen-bond donors (Lipinski definition) is 2. The van der Waals surface area contributed by atoms with Gasteiger partial charge in [0.1, 0.15) is 5.76 Å². The molecule has 0 saturated heterocycles. The van der Waals surface area contributed by atoms with Gasteiger partial charge in [0.05, 0.1) is 0 Å². The van der Waals surface area contributed by atoms with Gasteiger partial charge < -0.3 is 15.2 Å². The van der Waals surface area contributed by atoms with Gasteiger partial charge in [0.15, 0.2) is 5.82 Å². The second-order valence-corrected chi connectivity index (χ2v) is 5.91. The molecule has 0 saturated carbocycles. The Morgan fingerprint density at radius 3 is 2.48 bits per heavy atom. The fourth-order valence-corrected chi connectivity index (χ4v) is 2.44. The predicted octanol–water partition coefficient (Wildman–Crippen LogP) is 4.74. The van der Waals surface area contributed by atoms with Crippen LogP contribution in [-0.2, 0) is 0 Å². The van der Waals surface area contributed by atoms with Gasteiger partial charge in [-0.2, -0.15) is 0 Å². The van der Waals surface area contributed by atoms with Crippen LogP contribution in [0.15, 0.2) is 63.6 Å². The highest BCUT2D eigenvalue weighted by Gasteiger charge is 2.06. The van der Waals surface area contributed by atoms with Crippen molar-refractivity contribution in [3.63, 3.8) is 0 Å². The Morgan fingerprint density at radius 2 is 1.83 bits per heavy atom. The van der Waals surface area contributed by atoms with Crippen LogP contribution < -0.4 is 10.6 Å². The van der Waals surface area contributed by atoms with Crippen molar-refractivity contribution in [2.45, 2.75) is 6.92 Å². The third-order valence-electron chi connectivity index (χ3n) is 3.13. The van der Waals surface area contributed by atoms with E-state index in [1.807, 2.05) is 49.4 Å². The molecule has 6 heteroatoms. The molecule has 0 aliphatic rings. The topological polar surface area (TPSA) is 67.2 Å². The number of aryl methyl sites for hydroxylation is 1. The molecule has 5 nitrogen and oxygen atoms in total. The van der Waals surface area contributed by atoms with Gasteiger partial charge in [-0.05, 0) is 49.4 Å². The fourth-order valence-electron chi connectivity index (χ4n) is 2.04. The number of amides is 1. The van der Waals surface area contributed by atoms with Crippen molar-refractivity contribution in [2.75, 3.05) is 10.6 Å². The Kier molecular flexibility index (Phi) is 4.43. The van der Waals surface area contributed by atoms with E-state index in [1.165, 1.54) is 0 Å². The summed E-state index contributed by atoms with van der Waals surface area (Å²) < 4.78 is 5.87. The van der Waals surface area contributed by atoms with E-state index in [9.17, 15) is 4.79 Å². The normalized spacial score (nSPS) is 10.3. The SMILES string of the molecule is Cc1cc(Nc2ccc(NC(=O)c3cccc(Br)c3)cc2)no1. The number of carbonyl (C=O) groups excluding carboxylic acids is 1. The summed E-state index contributed by atoms with van der Waals surface area (Å²) in [5.41, 5.74) is 2.18. The van der Waals surface area contributed by atoms with E-state index in [0.717, 1.165) is 21.6 Å². The van der Waals surface area contributed by atoms with Crippen molar-refractivity contribution in [3.05, 3.63) is 70.4 Å². The zero-order chi connectivity index (χ0) is 16.2. The minimum absolute atomic E-state index is 0.154. The Labute approximate surface area is 141 Å². The van der Waals surface area contributed by atoms with E-state index < -0.39 is 0 Å². The van der Waals surface area contributed by atoms with Gasteiger partial charge in [0, 0.05) is 27.5 Å². The van der Waals surface area contributed by atoms with Crippen LogP contribution in [0.25, 0.3) is 0 Å². The first-order chi connectivity index (χ1) is 11.1. The van der Waals surface area contributed by atoms with E-state index in [2.05, 4.69) is 31.7 Å². The number of aromatic nitrogens is 1. The number of benzene rings is 2. The van der Waals surface area contributed by atoms with E-state index >= 15 is 0 Å². The molecule has 0 aliphatic carbocycles. The maximum Gasteiger partial charge on any atom is 0.255 e. The van der Waals surface area contributed by atoms with Crippen LogP contribution in [-0.4, -0.2) is 11.1 Å². The summed E-state index contributed by atoms with van der Waals surface area (Å²) in [6.07, 6.45) is 0. The third-order valence-corrected chi connectivity index (χ3v) is 3.62. The largest absolute Gasteiger partial charge is 0.360 e. The number of nitrogens with zero attached hydrogens (tertiary/aromatic N) is 1. The number of nitrogens with one attached hydrogen (secondary N) is 2. The number of hydrogen-bond acceptors (Lipinski definition) is 4. The Hall–Kier alpha value is -2.60. The van der Waals surface area contributed by atoms with Gasteiger partial charge in [-0.25, -0.2) is 0 Å². The van der Waals surface area contributed by atoms with E-state index in [4.69, 9.17) is 4.52 Å². The number of carbonyl (C=O) groups is 1. The van der Waals surface area contributed by atoms with Gasteiger partial charge in [-0.1, -0.05) is 27.2 Å². The molecule has 3 rings (SSSR count). The van der Waals surface area contributed by atoms with Crippen LogP contribution in [0.3, 0.4) is 0 Å². The minimum Gasteiger partial charge on any atom is -0.360 e. The summed E-state index contributed by atoms with van der Waals surface area (Å²) in [7, 11) is 0. The lowest BCUT2D eigenvalue weighted by Gasteiger charge is -2.07. The average molecular weight is 372 g/mol. The molecule has 1 aromatic heterocycles. The van der Waals surface area contributed by atoms with Crippen molar-refractivity contribution in [1.82, 2.24) is 5.16 Å². The lowest BCUT2D eigenvalue weighted by atomic mass is 10.2. The summed E-state index contributed by atoms with van der Waals surface area (Å²) in [4.78, 5) is 12.2. The molecule has 0 aliphatic heterocycles. The predicted molar refractivity (Wildman–Crippen MR) is 93.1 cm³/mol. The summed E-state index contributed by atoms with van der Waals surface area (Å²) in [6.45, 7) is 1.83. The zero-order valence-corrected chi connectivity index (χ0v) is 13.9. The monoisotopic (exact) mass is 371 g/mol. The van der Waals surface area contributed by atoms with E-state index in [0.29, 0.717) is 11.4 Å². The molecule has 116 valence electrons. The molecule has 0 atom stereocenters. The Balaban J connectivity index is 1.66. The molecule has 1 heterocycles. The van der Waals surface area contributed by atoms with Crippen molar-refractivity contribution in [1.29, 1.82) is 0 Å². The summed E-state index contributed by atoms with van der Waals surface area (Å²) in [5, 5.41) is 9.85. The number of halogens is 1. The van der Waals surface area contributed by atoms with Crippen molar-refractivity contribution >= 4 is 39.0 Å². The second kappa shape index (κ2) is 6.66. The molecule has 1 amide bonds. The lowest BCUT2D eigenvalue weighted by Crippen LogP contribution is -2.11. The first-order valence-corrected chi connectivity index (χ1v) is 7.77. The molecule has 0 radical (unpaired) electrons. The number of rotatable bonds is 4. The quantitative estimate of drug-likeness (QED) is 0.694. The molecule has 3 aromatic rings. The zero-order valence-electron chi connectivity index (χ0n) is 12.3. The van der Waals surface area contributed by atoms with Crippen molar-refractivity contribution in [2.24, 2.45) is 0 Å². The summed E-state index contributed by atoms with van der Waals surface area (Å²) in [5.74, 6) is 1.23. The van der Waals surface area contributed by atoms with Crippen LogP contribution in [0.2, 0.25) is 0 Å². The molecule has 0 unspecified atom stereocenters. The third kappa shape index (κ3) is 3.98. The first-order valence-electron chi connectivity index (χ1n) is 6.97. The van der Waals surface area contributed by atoms with Crippen LogP contribution in [0.5, 0.6) is 0 Å². The van der Waals surface area contributed by atoms with Crippen LogP contribution in [0.4, 0.5) is 17.2 Å². The van der Waals surface area contributed by atoms with Crippen LogP contribution in [0, 0.1) is 6.92 Å². The van der Waals surface area contributed by atoms with Crippen molar-refractivity contribution in [3.8, 4) is 0 Å². The summed E-state index contributed by atoms with van der Waals surface area (Å²) >= 11 is 3.36. The molecule has 0 bridgehead atoms. The molecule has 2 N–H and O–H groups in total. The first kappa shape index (κ1) is 15.3. The van der Waals surface area contributed by atoms with Gasteiger partial charge in [-0.3, -0.25) is 4.79 Å². The minimum atomic E-state index is -0.154. The Morgan fingerprint density at radius 1 is 1.09 bits per heavy atom. The Bertz CT molecular complexity index is 828. The van der Waals surface area contributed by atoms with Crippen LogP contribution in [0.1, 0.15) is 16.1 Å². The summed E-state index contributed by atoms with van der Waals surface area (Å²) in [6, 6.07) is 16.4. The molecule has 0 fully saturated rings. The van der Waals surface area contributed by atoms with E-state index in [1.54, 1.807) is 12.1 Å². The van der Waals surface area contributed by atoms with E-state index in [-0.39, 0.29) is 5.91 Å². The fraction of sp³-hybridized carbons (Fsp3) is 0.0588. The smallest absolute Gasteiger partial charge is 0.255 e. The molecule has 23 heavy (non-hydrogen) atoms. The van der Waals surface area contributed by atoms with Gasteiger partial charge >= 0.3 is 0 Å². The highest BCUT2D eigenvalue weighted by atomic mass is 79.9. The highest BCUT2D eigenvalue weighted by molar-refractivity contribution is 9.10. The molecule has 0 spiro atoms. The maximum atomic E-state index is 12.2.